The average Bonchev–Trinajstić information content (AvgIpc) is 2.69. The molecule has 0 amide bonds. The van der Waals surface area contributed by atoms with Crippen LogP contribution in [0.3, 0.4) is 0 Å². The highest BCUT2D eigenvalue weighted by Crippen LogP contribution is 2.27. The zero-order chi connectivity index (χ0) is 21.0. The highest BCUT2D eigenvalue weighted by atomic mass is 19.2. The first-order valence-electron chi connectivity index (χ1n) is 8.57. The first-order valence-corrected chi connectivity index (χ1v) is 8.57. The van der Waals surface area contributed by atoms with Crippen molar-refractivity contribution >= 4 is 11.4 Å². The van der Waals surface area contributed by atoms with Crippen molar-refractivity contribution in [1.82, 2.24) is 4.90 Å². The van der Waals surface area contributed by atoms with Crippen LogP contribution in [0.4, 0.5) is 27.6 Å². The third-order valence-corrected chi connectivity index (χ3v) is 4.33. The Kier molecular flexibility index (Phi) is 6.95. The minimum absolute atomic E-state index is 0.0798. The van der Waals surface area contributed by atoms with Crippen LogP contribution in [0.25, 0.3) is 0 Å². The van der Waals surface area contributed by atoms with E-state index in [4.69, 9.17) is 0 Å². The Labute approximate surface area is 159 Å². The highest BCUT2D eigenvalue weighted by molar-refractivity contribution is 5.99. The van der Waals surface area contributed by atoms with Gasteiger partial charge in [0.2, 0.25) is 5.82 Å². The van der Waals surface area contributed by atoms with Gasteiger partial charge in [0.1, 0.15) is 11.4 Å². The van der Waals surface area contributed by atoms with E-state index < -0.39 is 34.8 Å². The lowest BCUT2D eigenvalue weighted by Gasteiger charge is -2.19. The number of benzene rings is 2. The molecular formula is C19H20F5N3O. The van der Waals surface area contributed by atoms with Crippen molar-refractivity contribution in [2.24, 2.45) is 5.10 Å². The number of halogens is 5. The largest absolute Gasteiger partial charge is 0.508 e. The predicted octanol–water partition coefficient (Wildman–Crippen LogP) is 4.77. The van der Waals surface area contributed by atoms with Gasteiger partial charge < -0.3 is 5.11 Å². The molecule has 28 heavy (non-hydrogen) atoms. The Hall–Kier alpha value is -2.68. The summed E-state index contributed by atoms with van der Waals surface area (Å²) < 4.78 is 67.0. The van der Waals surface area contributed by atoms with Gasteiger partial charge in [0.05, 0.1) is 5.71 Å². The van der Waals surface area contributed by atoms with E-state index in [1.807, 2.05) is 19.3 Å². The number of anilines is 1. The van der Waals surface area contributed by atoms with Crippen molar-refractivity contribution < 1.29 is 27.1 Å². The Morgan fingerprint density at radius 3 is 2.04 bits per heavy atom. The van der Waals surface area contributed by atoms with Crippen molar-refractivity contribution in [2.75, 3.05) is 18.5 Å². The minimum Gasteiger partial charge on any atom is -0.508 e. The van der Waals surface area contributed by atoms with Gasteiger partial charge >= 0.3 is 0 Å². The quantitative estimate of drug-likeness (QED) is 0.231. The summed E-state index contributed by atoms with van der Waals surface area (Å²) >= 11 is 0. The zero-order valence-electron chi connectivity index (χ0n) is 15.6. The summed E-state index contributed by atoms with van der Waals surface area (Å²) in [6, 6.07) is 4.62. The zero-order valence-corrected chi connectivity index (χ0v) is 15.6. The molecule has 152 valence electrons. The molecule has 0 heterocycles. The number of phenolic OH excluding ortho intramolecular Hbond substituents is 1. The molecule has 0 bridgehead atoms. The predicted molar refractivity (Wildman–Crippen MR) is 96.8 cm³/mol. The molecule has 0 radical (unpaired) electrons. The molecule has 2 rings (SSSR count). The second kappa shape index (κ2) is 9.01. The van der Waals surface area contributed by atoms with Gasteiger partial charge in [-0.2, -0.15) is 5.10 Å². The van der Waals surface area contributed by atoms with Crippen LogP contribution in [0.15, 0.2) is 23.3 Å². The lowest BCUT2D eigenvalue weighted by molar-refractivity contribution is 0.291. The summed E-state index contributed by atoms with van der Waals surface area (Å²) in [7, 11) is 0. The lowest BCUT2D eigenvalue weighted by Crippen LogP contribution is -2.22. The molecule has 0 aliphatic carbocycles. The number of phenols is 1. The van der Waals surface area contributed by atoms with E-state index >= 15 is 0 Å². The average molecular weight is 401 g/mol. The second-order valence-corrected chi connectivity index (χ2v) is 6.06. The summed E-state index contributed by atoms with van der Waals surface area (Å²) in [5.74, 6) is -10.3. The Morgan fingerprint density at radius 1 is 0.964 bits per heavy atom. The van der Waals surface area contributed by atoms with Gasteiger partial charge in [0.15, 0.2) is 23.3 Å². The maximum Gasteiger partial charge on any atom is 0.200 e. The summed E-state index contributed by atoms with van der Waals surface area (Å²) in [5, 5.41) is 13.7. The van der Waals surface area contributed by atoms with Crippen LogP contribution in [0.2, 0.25) is 0 Å². The summed E-state index contributed by atoms with van der Waals surface area (Å²) in [6.07, 6.45) is 0. The highest BCUT2D eigenvalue weighted by Gasteiger charge is 2.25. The van der Waals surface area contributed by atoms with Crippen LogP contribution in [0.1, 0.15) is 31.9 Å². The summed E-state index contributed by atoms with van der Waals surface area (Å²) in [6.45, 7) is 7.47. The van der Waals surface area contributed by atoms with E-state index in [2.05, 4.69) is 10.0 Å². The Morgan fingerprint density at radius 2 is 1.50 bits per heavy atom. The minimum atomic E-state index is -2.24. The van der Waals surface area contributed by atoms with Gasteiger partial charge in [-0.25, -0.2) is 22.0 Å². The number of nitrogens with zero attached hydrogens (tertiary/aromatic N) is 2. The van der Waals surface area contributed by atoms with Gasteiger partial charge in [-0.3, -0.25) is 10.3 Å². The molecule has 0 aliphatic rings. The normalized spacial score (nSPS) is 12.0. The fourth-order valence-corrected chi connectivity index (χ4v) is 2.53. The molecule has 9 heteroatoms. The van der Waals surface area contributed by atoms with E-state index in [1.54, 1.807) is 6.07 Å². The van der Waals surface area contributed by atoms with Gasteiger partial charge in [-0.05, 0) is 43.8 Å². The van der Waals surface area contributed by atoms with Crippen LogP contribution < -0.4 is 5.43 Å². The first-order chi connectivity index (χ1) is 13.2. The van der Waals surface area contributed by atoms with Crippen molar-refractivity contribution in [3.63, 3.8) is 0 Å². The fourth-order valence-electron chi connectivity index (χ4n) is 2.53. The third kappa shape index (κ3) is 4.41. The van der Waals surface area contributed by atoms with Gasteiger partial charge in [-0.15, -0.1) is 0 Å². The van der Waals surface area contributed by atoms with Crippen molar-refractivity contribution in [1.29, 1.82) is 0 Å². The molecule has 2 N–H and O–H groups in total. The van der Waals surface area contributed by atoms with Crippen molar-refractivity contribution in [3.05, 3.63) is 58.4 Å². The molecule has 0 fully saturated rings. The number of hydrogen-bond donors (Lipinski definition) is 2. The molecule has 0 aromatic heterocycles. The molecule has 0 unspecified atom stereocenters. The monoisotopic (exact) mass is 401 g/mol. The van der Waals surface area contributed by atoms with Gasteiger partial charge in [-0.1, -0.05) is 13.8 Å². The number of hydrazone groups is 1. The number of rotatable bonds is 7. The summed E-state index contributed by atoms with van der Waals surface area (Å²) in [4.78, 5) is 2.07. The molecule has 2 aromatic carbocycles. The standard InChI is InChI=1S/C19H20F5N3O/c1-4-27(5-2)9-12-8-11(6-7-13(12)28)10(3)25-26-19-17(23)15(21)14(20)16(22)18(19)24/h6-8,26,28H,4-5,9H2,1-3H3/b25-10+. The molecule has 2 aromatic rings. The topological polar surface area (TPSA) is 47.9 Å². The third-order valence-electron chi connectivity index (χ3n) is 4.33. The van der Waals surface area contributed by atoms with E-state index in [1.165, 1.54) is 19.1 Å². The summed E-state index contributed by atoms with van der Waals surface area (Å²) in [5.41, 5.74) is 2.02. The molecule has 0 atom stereocenters. The van der Waals surface area contributed by atoms with Gasteiger partial charge in [0.25, 0.3) is 0 Å². The number of hydrogen-bond acceptors (Lipinski definition) is 4. The SMILES string of the molecule is CCN(CC)Cc1cc(/C(C)=N/Nc2c(F)c(F)c(F)c(F)c2F)ccc1O. The van der Waals surface area contributed by atoms with Crippen molar-refractivity contribution in [3.8, 4) is 5.75 Å². The fraction of sp³-hybridized carbons (Fsp3) is 0.316. The van der Waals surface area contributed by atoms with E-state index in [0.29, 0.717) is 17.7 Å². The Balaban J connectivity index is 2.32. The van der Waals surface area contributed by atoms with E-state index in [0.717, 1.165) is 13.1 Å². The first kappa shape index (κ1) is 21.6. The molecule has 0 saturated heterocycles. The van der Waals surface area contributed by atoms with E-state index in [9.17, 15) is 27.1 Å². The Bertz CT molecular complexity index is 869. The molecule has 0 saturated carbocycles. The molecular weight excluding hydrogens is 381 g/mol. The van der Waals surface area contributed by atoms with Crippen LogP contribution in [-0.2, 0) is 6.54 Å². The molecule has 4 nitrogen and oxygen atoms in total. The number of nitrogens with one attached hydrogen (secondary N) is 1. The van der Waals surface area contributed by atoms with Crippen LogP contribution in [0.5, 0.6) is 5.75 Å². The van der Waals surface area contributed by atoms with Gasteiger partial charge in [0, 0.05) is 12.1 Å². The molecule has 0 aliphatic heterocycles. The maximum atomic E-state index is 13.7. The van der Waals surface area contributed by atoms with Crippen molar-refractivity contribution in [2.45, 2.75) is 27.3 Å². The molecule has 0 spiro atoms. The number of aromatic hydroxyl groups is 1. The van der Waals surface area contributed by atoms with Crippen LogP contribution >= 0.6 is 0 Å². The van der Waals surface area contributed by atoms with E-state index in [-0.39, 0.29) is 11.5 Å². The van der Waals surface area contributed by atoms with Crippen LogP contribution in [-0.4, -0.2) is 28.8 Å². The second-order valence-electron chi connectivity index (χ2n) is 6.06. The lowest BCUT2D eigenvalue weighted by atomic mass is 10.1. The van der Waals surface area contributed by atoms with Crippen LogP contribution in [0, 0.1) is 29.1 Å². The maximum absolute atomic E-state index is 13.7. The smallest absolute Gasteiger partial charge is 0.200 e.